The van der Waals surface area contributed by atoms with Crippen LogP contribution in [0.15, 0.2) is 24.3 Å². The first kappa shape index (κ1) is 16.4. The highest BCUT2D eigenvalue weighted by atomic mass is 16.3. The maximum atomic E-state index is 9.76. The van der Waals surface area contributed by atoms with Crippen molar-refractivity contribution in [2.24, 2.45) is 0 Å². The summed E-state index contributed by atoms with van der Waals surface area (Å²) in [6, 6.07) is 0. The largest absolute Gasteiger partial charge is 0.393 e. The average molecular weight is 240 g/mol. The Bertz CT molecular complexity index is 209. The fraction of sp³-hybridized carbons (Fsp3) is 0.733. The molecule has 0 radical (unpaired) electrons. The molecule has 100 valence electrons. The van der Waals surface area contributed by atoms with E-state index < -0.39 is 0 Å². The number of aliphatic hydroxyl groups is 2. The molecule has 0 aromatic carbocycles. The standard InChI is InChI=1S/C15H28O2/c1-3-4-5-6-7-8-9-15(17)11-10-14(2)12-13-16/h3,12,15-17H,1,4-11,13H2,2H3/b14-12+. The van der Waals surface area contributed by atoms with Gasteiger partial charge in [-0.05, 0) is 39.0 Å². The second-order valence-corrected chi connectivity index (χ2v) is 4.71. The van der Waals surface area contributed by atoms with E-state index in [0.717, 1.165) is 37.7 Å². The first-order valence-electron chi connectivity index (χ1n) is 6.76. The van der Waals surface area contributed by atoms with Gasteiger partial charge in [-0.3, -0.25) is 0 Å². The zero-order valence-electron chi connectivity index (χ0n) is 11.2. The van der Waals surface area contributed by atoms with Crippen LogP contribution >= 0.6 is 0 Å². The number of aliphatic hydroxyl groups excluding tert-OH is 2. The monoisotopic (exact) mass is 240 g/mol. The van der Waals surface area contributed by atoms with Gasteiger partial charge in [-0.1, -0.05) is 37.0 Å². The van der Waals surface area contributed by atoms with E-state index in [1.807, 2.05) is 19.1 Å². The lowest BCUT2D eigenvalue weighted by Crippen LogP contribution is -2.06. The van der Waals surface area contributed by atoms with Crippen molar-refractivity contribution < 1.29 is 10.2 Å². The van der Waals surface area contributed by atoms with Crippen LogP contribution in [0.25, 0.3) is 0 Å². The van der Waals surface area contributed by atoms with Crippen molar-refractivity contribution in [2.45, 2.75) is 64.4 Å². The van der Waals surface area contributed by atoms with Crippen LogP contribution in [0.5, 0.6) is 0 Å². The first-order valence-corrected chi connectivity index (χ1v) is 6.76. The normalized spacial score (nSPS) is 13.7. The van der Waals surface area contributed by atoms with Gasteiger partial charge in [-0.2, -0.15) is 0 Å². The summed E-state index contributed by atoms with van der Waals surface area (Å²) in [5.74, 6) is 0. The number of unbranched alkanes of at least 4 members (excludes halogenated alkanes) is 4. The molecule has 0 aliphatic rings. The van der Waals surface area contributed by atoms with Crippen molar-refractivity contribution in [3.8, 4) is 0 Å². The number of hydrogen-bond acceptors (Lipinski definition) is 2. The third kappa shape index (κ3) is 11.7. The van der Waals surface area contributed by atoms with Gasteiger partial charge < -0.3 is 10.2 Å². The molecular weight excluding hydrogens is 212 g/mol. The van der Waals surface area contributed by atoms with Crippen molar-refractivity contribution in [3.05, 3.63) is 24.3 Å². The molecule has 0 heterocycles. The van der Waals surface area contributed by atoms with Gasteiger partial charge in [0.05, 0.1) is 12.7 Å². The van der Waals surface area contributed by atoms with E-state index in [1.54, 1.807) is 0 Å². The highest BCUT2D eigenvalue weighted by Crippen LogP contribution is 2.13. The summed E-state index contributed by atoms with van der Waals surface area (Å²) in [6.07, 6.45) is 12.1. The van der Waals surface area contributed by atoms with Crippen molar-refractivity contribution in [2.75, 3.05) is 6.61 Å². The third-order valence-electron chi connectivity index (χ3n) is 3.01. The third-order valence-corrected chi connectivity index (χ3v) is 3.01. The molecule has 0 aromatic heterocycles. The topological polar surface area (TPSA) is 40.5 Å². The molecular formula is C15H28O2. The number of hydrogen-bond donors (Lipinski definition) is 2. The SMILES string of the molecule is C=CCCCCCCC(O)CC/C(C)=C/CO. The first-order chi connectivity index (χ1) is 8.20. The number of allylic oxidation sites excluding steroid dienone is 2. The molecule has 2 heteroatoms. The van der Waals surface area contributed by atoms with Gasteiger partial charge in [0.15, 0.2) is 0 Å². The van der Waals surface area contributed by atoms with E-state index in [-0.39, 0.29) is 12.7 Å². The van der Waals surface area contributed by atoms with Crippen LogP contribution in [0.2, 0.25) is 0 Å². The lowest BCUT2D eigenvalue weighted by atomic mass is 10.0. The van der Waals surface area contributed by atoms with Crippen molar-refractivity contribution in [1.29, 1.82) is 0 Å². The number of rotatable bonds is 11. The predicted molar refractivity (Wildman–Crippen MR) is 74.0 cm³/mol. The van der Waals surface area contributed by atoms with Crippen LogP contribution in [-0.2, 0) is 0 Å². The quantitative estimate of drug-likeness (QED) is 0.428. The summed E-state index contributed by atoms with van der Waals surface area (Å²) >= 11 is 0. The van der Waals surface area contributed by atoms with E-state index in [4.69, 9.17) is 5.11 Å². The van der Waals surface area contributed by atoms with E-state index in [0.29, 0.717) is 0 Å². The minimum Gasteiger partial charge on any atom is -0.393 e. The van der Waals surface area contributed by atoms with Crippen LogP contribution in [-0.4, -0.2) is 22.9 Å². The lowest BCUT2D eigenvalue weighted by molar-refractivity contribution is 0.151. The minimum absolute atomic E-state index is 0.102. The molecule has 0 saturated carbocycles. The Labute approximate surface area is 106 Å². The van der Waals surface area contributed by atoms with E-state index in [2.05, 4.69) is 6.58 Å². The van der Waals surface area contributed by atoms with E-state index >= 15 is 0 Å². The van der Waals surface area contributed by atoms with E-state index in [9.17, 15) is 5.11 Å². The molecule has 0 spiro atoms. The lowest BCUT2D eigenvalue weighted by Gasteiger charge is -2.10. The van der Waals surface area contributed by atoms with Crippen molar-refractivity contribution in [3.63, 3.8) is 0 Å². The van der Waals surface area contributed by atoms with Gasteiger partial charge in [0.2, 0.25) is 0 Å². The summed E-state index contributed by atoms with van der Waals surface area (Å²) in [5, 5.41) is 18.5. The van der Waals surface area contributed by atoms with Gasteiger partial charge in [0.1, 0.15) is 0 Å². The Hall–Kier alpha value is -0.600. The maximum absolute atomic E-state index is 9.76. The zero-order valence-corrected chi connectivity index (χ0v) is 11.2. The smallest absolute Gasteiger partial charge is 0.0614 e. The Morgan fingerprint density at radius 2 is 1.88 bits per heavy atom. The summed E-state index contributed by atoms with van der Waals surface area (Å²) in [6.45, 7) is 5.80. The van der Waals surface area contributed by atoms with E-state index in [1.165, 1.54) is 19.3 Å². The molecule has 0 aliphatic heterocycles. The van der Waals surface area contributed by atoms with Crippen LogP contribution < -0.4 is 0 Å². The summed E-state index contributed by atoms with van der Waals surface area (Å²) < 4.78 is 0. The Balaban J connectivity index is 3.37. The molecule has 1 atom stereocenters. The van der Waals surface area contributed by atoms with Gasteiger partial charge in [-0.15, -0.1) is 6.58 Å². The van der Waals surface area contributed by atoms with Gasteiger partial charge in [-0.25, -0.2) is 0 Å². The molecule has 0 aromatic rings. The summed E-state index contributed by atoms with van der Waals surface area (Å²) in [4.78, 5) is 0. The minimum atomic E-state index is -0.184. The molecule has 1 unspecified atom stereocenters. The van der Waals surface area contributed by atoms with Crippen LogP contribution in [0.1, 0.15) is 58.3 Å². The Morgan fingerprint density at radius 3 is 2.53 bits per heavy atom. The predicted octanol–water partition coefficient (Wildman–Crippen LogP) is 3.59. The fourth-order valence-corrected chi connectivity index (χ4v) is 1.82. The fourth-order valence-electron chi connectivity index (χ4n) is 1.82. The molecule has 17 heavy (non-hydrogen) atoms. The van der Waals surface area contributed by atoms with Gasteiger partial charge in [0, 0.05) is 0 Å². The maximum Gasteiger partial charge on any atom is 0.0614 e. The molecule has 0 saturated heterocycles. The second kappa shape index (κ2) is 11.9. The van der Waals surface area contributed by atoms with Gasteiger partial charge in [0.25, 0.3) is 0 Å². The van der Waals surface area contributed by atoms with Crippen molar-refractivity contribution in [1.82, 2.24) is 0 Å². The molecule has 2 N–H and O–H groups in total. The zero-order chi connectivity index (χ0) is 12.9. The molecule has 0 bridgehead atoms. The Morgan fingerprint density at radius 1 is 1.18 bits per heavy atom. The molecule has 0 amide bonds. The van der Waals surface area contributed by atoms with Crippen molar-refractivity contribution >= 4 is 0 Å². The molecule has 2 nitrogen and oxygen atoms in total. The average Bonchev–Trinajstić information content (AvgIpc) is 2.31. The summed E-state index contributed by atoms with van der Waals surface area (Å²) in [7, 11) is 0. The highest BCUT2D eigenvalue weighted by Gasteiger charge is 2.03. The summed E-state index contributed by atoms with van der Waals surface area (Å²) in [5.41, 5.74) is 1.16. The van der Waals surface area contributed by atoms with Crippen LogP contribution in [0.3, 0.4) is 0 Å². The van der Waals surface area contributed by atoms with Crippen LogP contribution in [0.4, 0.5) is 0 Å². The molecule has 0 rings (SSSR count). The van der Waals surface area contributed by atoms with Crippen LogP contribution in [0, 0.1) is 0 Å². The molecule has 0 aliphatic carbocycles. The highest BCUT2D eigenvalue weighted by molar-refractivity contribution is 4.97. The second-order valence-electron chi connectivity index (χ2n) is 4.71. The Kier molecular flexibility index (Phi) is 11.5. The molecule has 0 fully saturated rings. The van der Waals surface area contributed by atoms with Gasteiger partial charge >= 0.3 is 0 Å².